The van der Waals surface area contributed by atoms with Crippen molar-refractivity contribution in [1.29, 1.82) is 0 Å². The van der Waals surface area contributed by atoms with E-state index in [-0.39, 0.29) is 12.5 Å². The van der Waals surface area contributed by atoms with E-state index < -0.39 is 6.10 Å². The van der Waals surface area contributed by atoms with Crippen LogP contribution >= 0.6 is 0 Å². The molecule has 1 aliphatic heterocycles. The first-order chi connectivity index (χ1) is 13.2. The summed E-state index contributed by atoms with van der Waals surface area (Å²) in [5.74, 6) is -0.131. The predicted octanol–water partition coefficient (Wildman–Crippen LogP) is 2.48. The average molecular weight is 366 g/mol. The molecule has 27 heavy (non-hydrogen) atoms. The predicted molar refractivity (Wildman–Crippen MR) is 105 cm³/mol. The molecule has 1 amide bonds. The van der Waals surface area contributed by atoms with E-state index in [9.17, 15) is 9.90 Å². The molecule has 0 radical (unpaired) electrons. The van der Waals surface area contributed by atoms with Gasteiger partial charge in [0.2, 0.25) is 0 Å². The van der Waals surface area contributed by atoms with Crippen LogP contribution in [0.4, 0.5) is 5.69 Å². The topological polar surface area (TPSA) is 61.8 Å². The van der Waals surface area contributed by atoms with Crippen LogP contribution in [0, 0.1) is 0 Å². The summed E-state index contributed by atoms with van der Waals surface area (Å²) in [6.07, 6.45) is 2.60. The van der Waals surface area contributed by atoms with Crippen LogP contribution in [0.25, 0.3) is 0 Å². The van der Waals surface area contributed by atoms with E-state index >= 15 is 0 Å². The number of anilines is 1. The van der Waals surface area contributed by atoms with E-state index in [0.717, 1.165) is 50.4 Å². The van der Waals surface area contributed by atoms with Gasteiger partial charge < -0.3 is 20.1 Å². The van der Waals surface area contributed by atoms with Gasteiger partial charge in [-0.2, -0.15) is 0 Å². The third-order valence-corrected chi connectivity index (χ3v) is 5.47. The van der Waals surface area contributed by atoms with Gasteiger partial charge in [0.15, 0.2) is 0 Å². The minimum Gasteiger partial charge on any atom is -0.387 e. The Labute approximate surface area is 160 Å². The van der Waals surface area contributed by atoms with Gasteiger partial charge in [-0.3, -0.25) is 4.79 Å². The molecule has 2 aromatic rings. The van der Waals surface area contributed by atoms with Gasteiger partial charge in [0.1, 0.15) is 0 Å². The first-order valence-electron chi connectivity index (χ1n) is 9.71. The number of benzene rings is 2. The Hall–Kier alpha value is -2.37. The van der Waals surface area contributed by atoms with E-state index in [1.165, 1.54) is 17.5 Å². The first kappa shape index (κ1) is 18.0. The van der Waals surface area contributed by atoms with Crippen molar-refractivity contribution in [2.24, 2.45) is 0 Å². The van der Waals surface area contributed by atoms with Gasteiger partial charge in [0.05, 0.1) is 19.3 Å². The number of aliphatic hydroxyl groups is 1. The molecule has 5 nitrogen and oxygen atoms in total. The maximum Gasteiger partial charge on any atom is 0.251 e. The first-order valence-corrected chi connectivity index (χ1v) is 9.71. The molecular formula is C22H26N2O3. The SMILES string of the molecule is O=C(NCC(O)c1ccc(N2CCOCC2)cc1)c1ccc2c(c1)CCC2. The van der Waals surface area contributed by atoms with Crippen molar-refractivity contribution in [1.82, 2.24) is 5.32 Å². The van der Waals surface area contributed by atoms with Crippen LogP contribution in [-0.4, -0.2) is 43.9 Å². The molecule has 2 aliphatic rings. The monoisotopic (exact) mass is 366 g/mol. The molecule has 2 N–H and O–H groups in total. The van der Waals surface area contributed by atoms with Crippen LogP contribution in [0.15, 0.2) is 42.5 Å². The van der Waals surface area contributed by atoms with Gasteiger partial charge in [-0.25, -0.2) is 0 Å². The summed E-state index contributed by atoms with van der Waals surface area (Å²) < 4.78 is 5.38. The lowest BCUT2D eigenvalue weighted by molar-refractivity contribution is 0.0916. The van der Waals surface area contributed by atoms with Crippen LogP contribution in [0.5, 0.6) is 0 Å². The largest absolute Gasteiger partial charge is 0.387 e. The Morgan fingerprint density at radius 3 is 2.59 bits per heavy atom. The molecule has 1 unspecified atom stereocenters. The molecule has 0 aromatic heterocycles. The zero-order valence-corrected chi connectivity index (χ0v) is 15.5. The van der Waals surface area contributed by atoms with Crippen LogP contribution in [-0.2, 0) is 17.6 Å². The molecule has 0 saturated carbocycles. The number of hydrogen-bond acceptors (Lipinski definition) is 4. The summed E-state index contributed by atoms with van der Waals surface area (Å²) in [5.41, 5.74) is 5.25. The van der Waals surface area contributed by atoms with E-state index in [0.29, 0.717) is 5.56 Å². The molecule has 2 aromatic carbocycles. The Balaban J connectivity index is 1.33. The maximum atomic E-state index is 12.4. The summed E-state index contributed by atoms with van der Waals surface area (Å²) in [7, 11) is 0. The van der Waals surface area contributed by atoms with Gasteiger partial charge in [0, 0.05) is 30.9 Å². The number of morpholine rings is 1. The zero-order valence-electron chi connectivity index (χ0n) is 15.5. The molecule has 1 heterocycles. The Morgan fingerprint density at radius 2 is 1.81 bits per heavy atom. The molecule has 1 aliphatic carbocycles. The lowest BCUT2D eigenvalue weighted by Crippen LogP contribution is -2.36. The van der Waals surface area contributed by atoms with E-state index in [1.807, 2.05) is 36.4 Å². The summed E-state index contributed by atoms with van der Waals surface area (Å²) in [6.45, 7) is 3.47. The molecule has 4 rings (SSSR count). The maximum absolute atomic E-state index is 12.4. The van der Waals surface area contributed by atoms with Gasteiger partial charge in [-0.05, 0) is 60.2 Å². The van der Waals surface area contributed by atoms with Crippen LogP contribution in [0.2, 0.25) is 0 Å². The highest BCUT2D eigenvalue weighted by atomic mass is 16.5. The Bertz CT molecular complexity index is 798. The molecule has 1 fully saturated rings. The highest BCUT2D eigenvalue weighted by Gasteiger charge is 2.16. The van der Waals surface area contributed by atoms with Crippen molar-refractivity contribution in [2.45, 2.75) is 25.4 Å². The molecule has 142 valence electrons. The average Bonchev–Trinajstić information content (AvgIpc) is 3.20. The molecule has 5 heteroatoms. The van der Waals surface area contributed by atoms with Gasteiger partial charge in [-0.1, -0.05) is 18.2 Å². The van der Waals surface area contributed by atoms with Gasteiger partial charge >= 0.3 is 0 Å². The van der Waals surface area contributed by atoms with E-state index in [1.54, 1.807) is 0 Å². The van der Waals surface area contributed by atoms with Crippen molar-refractivity contribution < 1.29 is 14.6 Å². The van der Waals surface area contributed by atoms with Crippen molar-refractivity contribution >= 4 is 11.6 Å². The number of rotatable bonds is 5. The van der Waals surface area contributed by atoms with Crippen LogP contribution < -0.4 is 10.2 Å². The Morgan fingerprint density at radius 1 is 1.07 bits per heavy atom. The summed E-state index contributed by atoms with van der Waals surface area (Å²) in [6, 6.07) is 13.8. The number of aryl methyl sites for hydroxylation is 2. The lowest BCUT2D eigenvalue weighted by Gasteiger charge is -2.29. The number of aliphatic hydroxyl groups excluding tert-OH is 1. The Kier molecular flexibility index (Phi) is 5.41. The summed E-state index contributed by atoms with van der Waals surface area (Å²) >= 11 is 0. The fraction of sp³-hybridized carbons (Fsp3) is 0.409. The molecule has 0 bridgehead atoms. The second kappa shape index (κ2) is 8.11. The zero-order chi connectivity index (χ0) is 18.6. The number of fused-ring (bicyclic) bond motifs is 1. The molecular weight excluding hydrogens is 340 g/mol. The summed E-state index contributed by atoms with van der Waals surface area (Å²) in [4.78, 5) is 14.7. The standard InChI is InChI=1S/C22H26N2O3/c25-21(17-6-8-20(9-7-17)24-10-12-27-13-11-24)15-23-22(26)19-5-4-16-2-1-3-18(16)14-19/h4-9,14,21,25H,1-3,10-13,15H2,(H,23,26). The van der Waals surface area contributed by atoms with Crippen molar-refractivity contribution in [3.05, 3.63) is 64.7 Å². The number of ether oxygens (including phenoxy) is 1. The highest BCUT2D eigenvalue weighted by molar-refractivity contribution is 5.94. The van der Waals surface area contributed by atoms with E-state index in [2.05, 4.69) is 16.3 Å². The van der Waals surface area contributed by atoms with Crippen LogP contribution in [0.3, 0.4) is 0 Å². The third kappa shape index (κ3) is 4.15. The second-order valence-electron chi connectivity index (χ2n) is 7.25. The van der Waals surface area contributed by atoms with E-state index in [4.69, 9.17) is 4.74 Å². The van der Waals surface area contributed by atoms with Crippen LogP contribution in [0.1, 0.15) is 39.6 Å². The second-order valence-corrected chi connectivity index (χ2v) is 7.25. The van der Waals surface area contributed by atoms with Crippen molar-refractivity contribution in [3.63, 3.8) is 0 Å². The molecule has 0 spiro atoms. The number of carbonyl (C=O) groups excluding carboxylic acids is 1. The lowest BCUT2D eigenvalue weighted by atomic mass is 10.1. The van der Waals surface area contributed by atoms with Crippen molar-refractivity contribution in [3.8, 4) is 0 Å². The number of amides is 1. The number of carbonyl (C=O) groups is 1. The minimum absolute atomic E-state index is 0.131. The molecule has 1 atom stereocenters. The fourth-order valence-corrected chi connectivity index (χ4v) is 3.85. The number of hydrogen-bond donors (Lipinski definition) is 2. The quantitative estimate of drug-likeness (QED) is 0.853. The number of nitrogens with one attached hydrogen (secondary N) is 1. The smallest absolute Gasteiger partial charge is 0.251 e. The van der Waals surface area contributed by atoms with Gasteiger partial charge in [-0.15, -0.1) is 0 Å². The number of nitrogens with zero attached hydrogens (tertiary/aromatic N) is 1. The highest BCUT2D eigenvalue weighted by Crippen LogP contribution is 2.23. The molecule has 1 saturated heterocycles. The minimum atomic E-state index is -0.720. The third-order valence-electron chi connectivity index (χ3n) is 5.47. The van der Waals surface area contributed by atoms with Gasteiger partial charge in [0.25, 0.3) is 5.91 Å². The normalized spacial score (nSPS) is 17.4. The van der Waals surface area contributed by atoms with Crippen molar-refractivity contribution in [2.75, 3.05) is 37.7 Å². The fourth-order valence-electron chi connectivity index (χ4n) is 3.85. The summed E-state index contributed by atoms with van der Waals surface area (Å²) in [5, 5.41) is 13.3.